The van der Waals surface area contributed by atoms with Crippen molar-refractivity contribution in [1.29, 1.82) is 0 Å². The van der Waals surface area contributed by atoms with E-state index in [9.17, 15) is 0 Å². The SMILES string of the molecule is C=C(C)C1CCCCC1(C)C. The van der Waals surface area contributed by atoms with Crippen LogP contribution in [0.1, 0.15) is 46.5 Å². The van der Waals surface area contributed by atoms with E-state index in [-0.39, 0.29) is 0 Å². The first-order valence-corrected chi connectivity index (χ1v) is 4.69. The molecule has 1 fully saturated rings. The first kappa shape index (κ1) is 8.83. The van der Waals surface area contributed by atoms with Crippen molar-refractivity contribution in [3.8, 4) is 0 Å². The molecule has 0 bridgehead atoms. The molecule has 0 saturated heterocycles. The van der Waals surface area contributed by atoms with Gasteiger partial charge in [0.2, 0.25) is 0 Å². The zero-order chi connectivity index (χ0) is 8.48. The summed E-state index contributed by atoms with van der Waals surface area (Å²) in [5.41, 5.74) is 1.90. The zero-order valence-electron chi connectivity index (χ0n) is 8.11. The van der Waals surface area contributed by atoms with Crippen LogP contribution in [-0.2, 0) is 0 Å². The Balaban J connectivity index is 2.67. The van der Waals surface area contributed by atoms with Gasteiger partial charge in [0.25, 0.3) is 0 Å². The average Bonchev–Trinajstić information content (AvgIpc) is 1.85. The predicted molar refractivity (Wildman–Crippen MR) is 50.6 cm³/mol. The minimum atomic E-state index is 0.518. The Morgan fingerprint density at radius 2 is 2.00 bits per heavy atom. The molecular weight excluding hydrogens is 132 g/mol. The maximum atomic E-state index is 4.07. The molecule has 0 amide bonds. The van der Waals surface area contributed by atoms with Gasteiger partial charge in [0.15, 0.2) is 0 Å². The summed E-state index contributed by atoms with van der Waals surface area (Å²) in [6.07, 6.45) is 5.56. The fraction of sp³-hybridized carbons (Fsp3) is 0.818. The monoisotopic (exact) mass is 152 g/mol. The van der Waals surface area contributed by atoms with Crippen molar-refractivity contribution in [1.82, 2.24) is 0 Å². The molecule has 0 aromatic heterocycles. The second kappa shape index (κ2) is 3.00. The van der Waals surface area contributed by atoms with Gasteiger partial charge in [0, 0.05) is 0 Å². The van der Waals surface area contributed by atoms with Gasteiger partial charge in [-0.15, -0.1) is 0 Å². The van der Waals surface area contributed by atoms with Gasteiger partial charge in [0.05, 0.1) is 0 Å². The molecule has 64 valence electrons. The average molecular weight is 152 g/mol. The van der Waals surface area contributed by atoms with Crippen LogP contribution in [0, 0.1) is 11.3 Å². The zero-order valence-corrected chi connectivity index (χ0v) is 8.11. The quantitative estimate of drug-likeness (QED) is 0.502. The standard InChI is InChI=1S/C11H20/c1-9(2)10-7-5-6-8-11(10,3)4/h10H,1,5-8H2,2-4H3. The molecule has 0 heterocycles. The van der Waals surface area contributed by atoms with Crippen LogP contribution < -0.4 is 0 Å². The lowest BCUT2D eigenvalue weighted by atomic mass is 9.66. The smallest absolute Gasteiger partial charge is 0.0157 e. The van der Waals surface area contributed by atoms with E-state index in [1.54, 1.807) is 0 Å². The van der Waals surface area contributed by atoms with Crippen LogP contribution in [-0.4, -0.2) is 0 Å². The van der Waals surface area contributed by atoms with E-state index in [1.807, 2.05) is 0 Å². The van der Waals surface area contributed by atoms with E-state index < -0.39 is 0 Å². The molecule has 1 atom stereocenters. The van der Waals surface area contributed by atoms with Gasteiger partial charge in [-0.3, -0.25) is 0 Å². The first-order valence-electron chi connectivity index (χ1n) is 4.69. The highest BCUT2D eigenvalue weighted by Crippen LogP contribution is 2.43. The van der Waals surface area contributed by atoms with E-state index in [1.165, 1.54) is 31.3 Å². The second-order valence-electron chi connectivity index (χ2n) is 4.63. The molecule has 1 saturated carbocycles. The lowest BCUT2D eigenvalue weighted by molar-refractivity contribution is 0.168. The maximum absolute atomic E-state index is 4.07. The van der Waals surface area contributed by atoms with Crippen LogP contribution in [0.2, 0.25) is 0 Å². The Morgan fingerprint density at radius 3 is 2.36 bits per heavy atom. The summed E-state index contributed by atoms with van der Waals surface area (Å²) in [7, 11) is 0. The Morgan fingerprint density at radius 1 is 1.36 bits per heavy atom. The summed E-state index contributed by atoms with van der Waals surface area (Å²) in [5, 5.41) is 0. The molecule has 11 heavy (non-hydrogen) atoms. The molecular formula is C11H20. The number of rotatable bonds is 1. The highest BCUT2D eigenvalue weighted by Gasteiger charge is 2.32. The number of hydrogen-bond donors (Lipinski definition) is 0. The molecule has 1 aliphatic rings. The Hall–Kier alpha value is -0.260. The first-order chi connectivity index (χ1) is 5.04. The van der Waals surface area contributed by atoms with Gasteiger partial charge in [0.1, 0.15) is 0 Å². The Labute approximate surface area is 70.7 Å². The van der Waals surface area contributed by atoms with E-state index in [0.29, 0.717) is 5.41 Å². The predicted octanol–water partition coefficient (Wildman–Crippen LogP) is 3.78. The molecule has 0 aromatic rings. The van der Waals surface area contributed by atoms with Crippen molar-refractivity contribution < 1.29 is 0 Å². The summed E-state index contributed by atoms with van der Waals surface area (Å²) in [6.45, 7) is 11.0. The summed E-state index contributed by atoms with van der Waals surface area (Å²) < 4.78 is 0. The fourth-order valence-electron chi connectivity index (χ4n) is 2.41. The van der Waals surface area contributed by atoms with Crippen LogP contribution in [0.25, 0.3) is 0 Å². The molecule has 1 unspecified atom stereocenters. The summed E-state index contributed by atoms with van der Waals surface area (Å²) in [5.74, 6) is 0.774. The van der Waals surface area contributed by atoms with E-state index in [4.69, 9.17) is 0 Å². The molecule has 0 spiro atoms. The fourth-order valence-corrected chi connectivity index (χ4v) is 2.41. The summed E-state index contributed by atoms with van der Waals surface area (Å²) >= 11 is 0. The van der Waals surface area contributed by atoms with Crippen LogP contribution in [0.3, 0.4) is 0 Å². The number of allylic oxidation sites excluding steroid dienone is 1. The molecule has 0 heteroatoms. The molecule has 0 aromatic carbocycles. The van der Waals surface area contributed by atoms with Crippen molar-refractivity contribution in [2.45, 2.75) is 46.5 Å². The van der Waals surface area contributed by atoms with Crippen LogP contribution in [0.4, 0.5) is 0 Å². The van der Waals surface area contributed by atoms with Crippen LogP contribution in [0.5, 0.6) is 0 Å². The molecule has 0 nitrogen and oxygen atoms in total. The third-order valence-electron chi connectivity index (χ3n) is 3.10. The molecule has 1 rings (SSSR count). The van der Waals surface area contributed by atoms with Gasteiger partial charge in [-0.05, 0) is 31.1 Å². The van der Waals surface area contributed by atoms with Gasteiger partial charge in [-0.1, -0.05) is 38.8 Å². The van der Waals surface area contributed by atoms with Crippen LogP contribution in [0.15, 0.2) is 12.2 Å². The van der Waals surface area contributed by atoms with Gasteiger partial charge in [-0.25, -0.2) is 0 Å². The van der Waals surface area contributed by atoms with Gasteiger partial charge < -0.3 is 0 Å². The highest BCUT2D eigenvalue weighted by atomic mass is 14.4. The third-order valence-corrected chi connectivity index (χ3v) is 3.10. The Kier molecular flexibility index (Phi) is 2.41. The van der Waals surface area contributed by atoms with Gasteiger partial charge >= 0.3 is 0 Å². The van der Waals surface area contributed by atoms with E-state index in [0.717, 1.165) is 5.92 Å². The maximum Gasteiger partial charge on any atom is -0.0157 e. The molecule has 1 aliphatic carbocycles. The minimum Gasteiger partial charge on any atom is -0.0998 e. The normalized spacial score (nSPS) is 29.9. The second-order valence-corrected chi connectivity index (χ2v) is 4.63. The Bertz CT molecular complexity index is 153. The molecule has 0 radical (unpaired) electrons. The highest BCUT2D eigenvalue weighted by molar-refractivity contribution is 5.03. The third kappa shape index (κ3) is 1.85. The molecule has 0 N–H and O–H groups in total. The van der Waals surface area contributed by atoms with Crippen molar-refractivity contribution in [3.05, 3.63) is 12.2 Å². The van der Waals surface area contributed by atoms with Crippen molar-refractivity contribution in [3.63, 3.8) is 0 Å². The van der Waals surface area contributed by atoms with Crippen LogP contribution >= 0.6 is 0 Å². The van der Waals surface area contributed by atoms with Gasteiger partial charge in [-0.2, -0.15) is 0 Å². The van der Waals surface area contributed by atoms with E-state index >= 15 is 0 Å². The lowest BCUT2D eigenvalue weighted by Crippen LogP contribution is -2.28. The van der Waals surface area contributed by atoms with Crippen molar-refractivity contribution >= 4 is 0 Å². The topological polar surface area (TPSA) is 0 Å². The van der Waals surface area contributed by atoms with Crippen molar-refractivity contribution in [2.75, 3.05) is 0 Å². The lowest BCUT2D eigenvalue weighted by Gasteiger charge is -2.39. The number of hydrogen-bond acceptors (Lipinski definition) is 0. The summed E-state index contributed by atoms with van der Waals surface area (Å²) in [4.78, 5) is 0. The van der Waals surface area contributed by atoms with Crippen molar-refractivity contribution in [2.24, 2.45) is 11.3 Å². The van der Waals surface area contributed by atoms with E-state index in [2.05, 4.69) is 27.4 Å². The minimum absolute atomic E-state index is 0.518. The molecule has 0 aliphatic heterocycles. The summed E-state index contributed by atoms with van der Waals surface area (Å²) in [6, 6.07) is 0. The largest absolute Gasteiger partial charge is 0.0998 e.